The number of fused-ring (bicyclic) bond motifs is 2. The number of para-hydroxylation sites is 1. The van der Waals surface area contributed by atoms with Crippen molar-refractivity contribution in [2.75, 3.05) is 26.8 Å². The van der Waals surface area contributed by atoms with Gasteiger partial charge in [-0.2, -0.15) is 5.10 Å². The lowest BCUT2D eigenvalue weighted by Crippen LogP contribution is -2.17. The van der Waals surface area contributed by atoms with Crippen LogP contribution in [0.15, 0.2) is 60.7 Å². The van der Waals surface area contributed by atoms with E-state index in [0.717, 1.165) is 74.9 Å². The zero-order valence-electron chi connectivity index (χ0n) is 25.3. The van der Waals surface area contributed by atoms with Crippen molar-refractivity contribution in [2.45, 2.75) is 45.0 Å². The van der Waals surface area contributed by atoms with Crippen LogP contribution < -0.4 is 10.1 Å². The number of hydrogen-bond acceptors (Lipinski definition) is 5. The SMILES string of the molecule is CCOC(=O)c1c(CCCOc2cccc3ccccc23)c2cccc(-c3c(C)nn(C)c3CBr)c2n1CCCNC.Cl.[HH]. The second-order valence-electron chi connectivity index (χ2n) is 10.5. The number of alkyl halides is 1. The number of nitrogens with one attached hydrogen (secondary N) is 1. The first-order chi connectivity index (χ1) is 20.5. The Morgan fingerprint density at radius 3 is 2.56 bits per heavy atom. The predicted molar refractivity (Wildman–Crippen MR) is 183 cm³/mol. The third-order valence-corrected chi connectivity index (χ3v) is 8.31. The van der Waals surface area contributed by atoms with Gasteiger partial charge < -0.3 is 19.4 Å². The monoisotopic (exact) mass is 668 g/mol. The fraction of sp³-hybridized carbons (Fsp3) is 0.353. The Bertz CT molecular complexity index is 1710. The lowest BCUT2D eigenvalue weighted by molar-refractivity contribution is 0.0512. The van der Waals surface area contributed by atoms with Crippen molar-refractivity contribution in [2.24, 2.45) is 7.05 Å². The molecule has 43 heavy (non-hydrogen) atoms. The number of ether oxygens (including phenoxy) is 2. The van der Waals surface area contributed by atoms with Gasteiger partial charge in [0.25, 0.3) is 0 Å². The molecule has 0 saturated heterocycles. The molecule has 1 N–H and O–H groups in total. The molecule has 0 spiro atoms. The minimum atomic E-state index is -0.280. The topological polar surface area (TPSA) is 70.3 Å². The van der Waals surface area contributed by atoms with Gasteiger partial charge >= 0.3 is 5.97 Å². The van der Waals surface area contributed by atoms with Crippen molar-refractivity contribution >= 4 is 56.0 Å². The predicted octanol–water partition coefficient (Wildman–Crippen LogP) is 7.86. The maximum Gasteiger partial charge on any atom is 0.355 e. The van der Waals surface area contributed by atoms with Gasteiger partial charge in [0.1, 0.15) is 11.4 Å². The van der Waals surface area contributed by atoms with E-state index in [0.29, 0.717) is 37.2 Å². The molecule has 2 heterocycles. The van der Waals surface area contributed by atoms with Crippen molar-refractivity contribution in [1.29, 1.82) is 0 Å². The van der Waals surface area contributed by atoms with E-state index in [2.05, 4.69) is 62.2 Å². The molecule has 9 heteroatoms. The number of carbonyl (C=O) groups is 1. The minimum absolute atomic E-state index is 0. The summed E-state index contributed by atoms with van der Waals surface area (Å²) in [6, 6.07) is 20.8. The number of aromatic nitrogens is 3. The average molecular weight is 670 g/mol. The zero-order valence-corrected chi connectivity index (χ0v) is 27.7. The summed E-state index contributed by atoms with van der Waals surface area (Å²) in [6.45, 7) is 6.30. The lowest BCUT2D eigenvalue weighted by atomic mass is 9.98. The van der Waals surface area contributed by atoms with Gasteiger partial charge in [0.2, 0.25) is 0 Å². The summed E-state index contributed by atoms with van der Waals surface area (Å²) in [7, 11) is 3.93. The van der Waals surface area contributed by atoms with E-state index in [1.807, 2.05) is 56.9 Å². The molecule has 0 aliphatic rings. The van der Waals surface area contributed by atoms with Crippen LogP contribution in [-0.4, -0.2) is 47.1 Å². The Kier molecular flexibility index (Phi) is 11.3. The molecule has 0 saturated carbocycles. The summed E-state index contributed by atoms with van der Waals surface area (Å²) in [4.78, 5) is 13.6. The smallest absolute Gasteiger partial charge is 0.355 e. The summed E-state index contributed by atoms with van der Waals surface area (Å²) < 4.78 is 16.1. The molecule has 0 atom stereocenters. The van der Waals surface area contributed by atoms with E-state index in [1.54, 1.807) is 0 Å². The Labute approximate surface area is 269 Å². The van der Waals surface area contributed by atoms with Crippen LogP contribution in [0, 0.1) is 6.92 Å². The van der Waals surface area contributed by atoms with E-state index in [4.69, 9.17) is 14.6 Å². The van der Waals surface area contributed by atoms with Gasteiger partial charge in [0, 0.05) is 42.2 Å². The summed E-state index contributed by atoms with van der Waals surface area (Å²) in [5.74, 6) is 0.600. The molecule has 0 aliphatic carbocycles. The third kappa shape index (κ3) is 6.61. The Balaban J connectivity index is 0.00000264. The van der Waals surface area contributed by atoms with Crippen LogP contribution in [0.4, 0.5) is 0 Å². The first kappa shape index (κ1) is 32.6. The molecule has 3 aromatic carbocycles. The number of aryl methyl sites for hydroxylation is 4. The molecule has 0 unspecified atom stereocenters. The van der Waals surface area contributed by atoms with Crippen LogP contribution in [0.25, 0.3) is 32.8 Å². The van der Waals surface area contributed by atoms with Crippen LogP contribution in [0.3, 0.4) is 0 Å². The fourth-order valence-corrected chi connectivity index (χ4v) is 6.61. The standard InChI is InChI=1S/C34H39BrN4O3.ClH.H2/c1-5-41-34(40)33-27(17-10-21-42-30-18-8-13-24-12-6-7-14-25(24)30)26-15-9-16-28(32(26)39(33)20-11-19-36-3)31-23(2)37-38(4)29(31)22-35;;/h6-9,12-16,18,36H,5,10-11,17,19-22H2,1-4H3;2*1H. The molecular weight excluding hydrogens is 628 g/mol. The summed E-state index contributed by atoms with van der Waals surface area (Å²) in [5.41, 5.74) is 6.96. The molecule has 0 amide bonds. The van der Waals surface area contributed by atoms with Crippen molar-refractivity contribution in [3.05, 3.63) is 83.3 Å². The molecule has 230 valence electrons. The number of esters is 1. The number of benzene rings is 3. The molecule has 2 aromatic heterocycles. The van der Waals surface area contributed by atoms with Crippen molar-refractivity contribution in [1.82, 2.24) is 19.7 Å². The van der Waals surface area contributed by atoms with Crippen molar-refractivity contribution in [3.8, 4) is 16.9 Å². The number of rotatable bonds is 13. The van der Waals surface area contributed by atoms with E-state index in [-0.39, 0.29) is 19.8 Å². The van der Waals surface area contributed by atoms with Crippen molar-refractivity contribution in [3.63, 3.8) is 0 Å². The highest BCUT2D eigenvalue weighted by atomic mass is 79.9. The summed E-state index contributed by atoms with van der Waals surface area (Å²) >= 11 is 3.68. The second-order valence-corrected chi connectivity index (χ2v) is 11.0. The molecule has 0 fully saturated rings. The molecule has 0 aliphatic heterocycles. The number of carbonyl (C=O) groups excluding carboxylic acids is 1. The average Bonchev–Trinajstić information content (AvgIpc) is 3.47. The van der Waals surface area contributed by atoms with Gasteiger partial charge in [-0.25, -0.2) is 4.79 Å². The van der Waals surface area contributed by atoms with Crippen molar-refractivity contribution < 1.29 is 15.7 Å². The third-order valence-electron chi connectivity index (χ3n) is 7.78. The summed E-state index contributed by atoms with van der Waals surface area (Å²) in [6.07, 6.45) is 2.32. The van der Waals surface area contributed by atoms with E-state index in [9.17, 15) is 4.79 Å². The Morgan fingerprint density at radius 1 is 1.05 bits per heavy atom. The van der Waals surface area contributed by atoms with Gasteiger partial charge in [-0.1, -0.05) is 70.5 Å². The van der Waals surface area contributed by atoms with Gasteiger partial charge in [0.05, 0.1) is 30.1 Å². The maximum absolute atomic E-state index is 13.6. The van der Waals surface area contributed by atoms with Gasteiger partial charge in [-0.15, -0.1) is 12.4 Å². The van der Waals surface area contributed by atoms with E-state index < -0.39 is 0 Å². The molecule has 7 nitrogen and oxygen atoms in total. The fourth-order valence-electron chi connectivity index (χ4n) is 5.97. The largest absolute Gasteiger partial charge is 0.493 e. The van der Waals surface area contributed by atoms with Crippen LogP contribution >= 0.6 is 28.3 Å². The summed E-state index contributed by atoms with van der Waals surface area (Å²) in [5, 5.41) is 12.0. The number of nitrogens with zero attached hydrogens (tertiary/aromatic N) is 3. The first-order valence-electron chi connectivity index (χ1n) is 14.6. The molecule has 5 aromatic rings. The van der Waals surface area contributed by atoms with Crippen LogP contribution in [0.2, 0.25) is 0 Å². The van der Waals surface area contributed by atoms with E-state index >= 15 is 0 Å². The van der Waals surface area contributed by atoms with Crippen LogP contribution in [-0.2, 0) is 30.1 Å². The van der Waals surface area contributed by atoms with E-state index in [1.165, 1.54) is 0 Å². The highest BCUT2D eigenvalue weighted by Crippen LogP contribution is 2.39. The normalized spacial score (nSPS) is 11.2. The highest BCUT2D eigenvalue weighted by molar-refractivity contribution is 9.08. The Hall–Kier alpha value is -3.33. The number of halogens is 2. The van der Waals surface area contributed by atoms with Crippen LogP contribution in [0.5, 0.6) is 5.75 Å². The second kappa shape index (κ2) is 14.9. The molecular formula is C34H42BrClN4O3. The zero-order chi connectivity index (χ0) is 29.6. The van der Waals surface area contributed by atoms with Gasteiger partial charge in [0.15, 0.2) is 0 Å². The highest BCUT2D eigenvalue weighted by Gasteiger charge is 2.27. The molecule has 5 rings (SSSR count). The van der Waals surface area contributed by atoms with Crippen LogP contribution in [0.1, 0.15) is 48.6 Å². The molecule has 0 bridgehead atoms. The minimum Gasteiger partial charge on any atom is -0.493 e. The first-order valence-corrected chi connectivity index (χ1v) is 15.8. The number of hydrogen-bond donors (Lipinski definition) is 1. The van der Waals surface area contributed by atoms with Gasteiger partial charge in [-0.3, -0.25) is 4.68 Å². The maximum atomic E-state index is 13.6. The lowest BCUT2D eigenvalue weighted by Gasteiger charge is -2.14. The Morgan fingerprint density at radius 2 is 1.79 bits per heavy atom. The quantitative estimate of drug-likeness (QED) is 0.0785. The molecule has 0 radical (unpaired) electrons. The van der Waals surface area contributed by atoms with Gasteiger partial charge in [-0.05, 0) is 63.7 Å².